The second-order valence-corrected chi connectivity index (χ2v) is 2.59. The fourth-order valence-electron chi connectivity index (χ4n) is 0.441. The molecule has 3 heteroatoms. The molecule has 0 rings (SSSR count). The fourth-order valence-corrected chi connectivity index (χ4v) is 0.441. The van der Waals surface area contributed by atoms with Crippen molar-refractivity contribution in [1.29, 1.82) is 0 Å². The van der Waals surface area contributed by atoms with Gasteiger partial charge in [0.2, 0.25) is 0 Å². The summed E-state index contributed by atoms with van der Waals surface area (Å²) in [6.07, 6.45) is 0. The highest BCUT2D eigenvalue weighted by Gasteiger charge is 1.91. The number of ether oxygens (including phenoxy) is 1. The zero-order valence-electron chi connectivity index (χ0n) is 7.02. The molecule has 0 saturated carbocycles. The van der Waals surface area contributed by atoms with E-state index in [1.54, 1.807) is 7.11 Å². The Hall–Kier alpha value is -0.120. The number of methoxy groups -OCH3 is 1. The Balaban J connectivity index is 2.77. The van der Waals surface area contributed by atoms with Crippen LogP contribution in [0.3, 0.4) is 0 Å². The molecule has 0 aliphatic heterocycles. The monoisotopic (exact) mass is 147 g/mol. The zero-order chi connectivity index (χ0) is 7.82. The van der Waals surface area contributed by atoms with Crippen LogP contribution >= 0.6 is 0 Å². The molecular weight excluding hydrogens is 130 g/mol. The van der Waals surface area contributed by atoms with E-state index in [2.05, 4.69) is 19.3 Å². The second kappa shape index (κ2) is 6.99. The van der Waals surface area contributed by atoms with Crippen LogP contribution in [-0.4, -0.2) is 26.9 Å². The van der Waals surface area contributed by atoms with Gasteiger partial charge in [-0.25, -0.2) is 5.48 Å². The quantitative estimate of drug-likeness (QED) is 0.445. The van der Waals surface area contributed by atoms with Crippen molar-refractivity contribution >= 4 is 0 Å². The number of hydroxylamine groups is 1. The van der Waals surface area contributed by atoms with Gasteiger partial charge >= 0.3 is 0 Å². The highest BCUT2D eigenvalue weighted by Crippen LogP contribution is 1.88. The van der Waals surface area contributed by atoms with Crippen LogP contribution in [-0.2, 0) is 9.57 Å². The first-order chi connectivity index (χ1) is 4.77. The molecular formula is C7H17NO2. The van der Waals surface area contributed by atoms with Crippen molar-refractivity contribution in [2.75, 3.05) is 26.9 Å². The molecule has 1 N–H and O–H groups in total. The van der Waals surface area contributed by atoms with E-state index in [1.807, 2.05) is 0 Å². The maximum absolute atomic E-state index is 5.07. The van der Waals surface area contributed by atoms with Gasteiger partial charge in [0.15, 0.2) is 0 Å². The Morgan fingerprint density at radius 1 is 1.40 bits per heavy atom. The van der Waals surface area contributed by atoms with Crippen LogP contribution in [0.1, 0.15) is 13.8 Å². The van der Waals surface area contributed by atoms with Crippen LogP contribution in [0.2, 0.25) is 0 Å². The molecule has 3 nitrogen and oxygen atoms in total. The zero-order valence-corrected chi connectivity index (χ0v) is 7.02. The van der Waals surface area contributed by atoms with Gasteiger partial charge in [0, 0.05) is 13.7 Å². The summed E-state index contributed by atoms with van der Waals surface area (Å²) in [7, 11) is 1.67. The van der Waals surface area contributed by atoms with Crippen LogP contribution in [0.25, 0.3) is 0 Å². The number of nitrogens with one attached hydrogen (secondary N) is 1. The van der Waals surface area contributed by atoms with Gasteiger partial charge in [-0.1, -0.05) is 13.8 Å². The minimum absolute atomic E-state index is 0.579. The molecule has 0 unspecified atom stereocenters. The van der Waals surface area contributed by atoms with E-state index >= 15 is 0 Å². The minimum atomic E-state index is 0.579. The molecule has 0 radical (unpaired) electrons. The van der Waals surface area contributed by atoms with Gasteiger partial charge in [0.25, 0.3) is 0 Å². The first kappa shape index (κ1) is 9.88. The molecule has 10 heavy (non-hydrogen) atoms. The number of rotatable bonds is 6. The number of hydrogen-bond acceptors (Lipinski definition) is 3. The molecule has 0 aromatic carbocycles. The van der Waals surface area contributed by atoms with E-state index in [0.29, 0.717) is 12.5 Å². The topological polar surface area (TPSA) is 30.5 Å². The third-order valence-corrected chi connectivity index (χ3v) is 0.927. The molecule has 0 spiro atoms. The lowest BCUT2D eigenvalue weighted by Crippen LogP contribution is -2.21. The molecule has 0 aliphatic rings. The third-order valence-electron chi connectivity index (χ3n) is 0.927. The molecule has 62 valence electrons. The van der Waals surface area contributed by atoms with E-state index < -0.39 is 0 Å². The molecule has 0 aliphatic carbocycles. The van der Waals surface area contributed by atoms with Crippen LogP contribution < -0.4 is 5.48 Å². The van der Waals surface area contributed by atoms with E-state index in [0.717, 1.165) is 13.2 Å². The smallest absolute Gasteiger partial charge is 0.0705 e. The van der Waals surface area contributed by atoms with Crippen molar-refractivity contribution in [3.8, 4) is 0 Å². The summed E-state index contributed by atoms with van der Waals surface area (Å²) in [6, 6.07) is 0. The minimum Gasteiger partial charge on any atom is -0.383 e. The van der Waals surface area contributed by atoms with Crippen LogP contribution in [0.5, 0.6) is 0 Å². The van der Waals surface area contributed by atoms with Gasteiger partial charge in [0.05, 0.1) is 13.2 Å². The lowest BCUT2D eigenvalue weighted by atomic mass is 10.2. The van der Waals surface area contributed by atoms with E-state index in [-0.39, 0.29) is 0 Å². The van der Waals surface area contributed by atoms with E-state index in [1.165, 1.54) is 0 Å². The van der Waals surface area contributed by atoms with Crippen LogP contribution in [0.4, 0.5) is 0 Å². The molecule has 0 atom stereocenters. The van der Waals surface area contributed by atoms with Gasteiger partial charge < -0.3 is 9.57 Å². The Morgan fingerprint density at radius 3 is 2.60 bits per heavy atom. The highest BCUT2D eigenvalue weighted by atomic mass is 16.6. The van der Waals surface area contributed by atoms with E-state index in [9.17, 15) is 0 Å². The van der Waals surface area contributed by atoms with Gasteiger partial charge in [-0.05, 0) is 5.92 Å². The lowest BCUT2D eigenvalue weighted by Gasteiger charge is -2.06. The Bertz CT molecular complexity index is 66.6. The van der Waals surface area contributed by atoms with Crippen molar-refractivity contribution in [2.45, 2.75) is 13.8 Å². The SMILES string of the molecule is COCCNOCC(C)C. The molecule has 0 bridgehead atoms. The van der Waals surface area contributed by atoms with Crippen molar-refractivity contribution < 1.29 is 9.57 Å². The molecule has 0 aromatic heterocycles. The maximum Gasteiger partial charge on any atom is 0.0705 e. The normalized spacial score (nSPS) is 10.8. The predicted octanol–water partition coefficient (Wildman–Crippen LogP) is 0.810. The van der Waals surface area contributed by atoms with Crippen molar-refractivity contribution in [3.63, 3.8) is 0 Å². The fraction of sp³-hybridized carbons (Fsp3) is 1.00. The van der Waals surface area contributed by atoms with Crippen molar-refractivity contribution in [1.82, 2.24) is 5.48 Å². The molecule has 0 fully saturated rings. The largest absolute Gasteiger partial charge is 0.383 e. The van der Waals surface area contributed by atoms with Crippen molar-refractivity contribution in [2.24, 2.45) is 5.92 Å². The van der Waals surface area contributed by atoms with Gasteiger partial charge in [-0.15, -0.1) is 0 Å². The average molecular weight is 147 g/mol. The second-order valence-electron chi connectivity index (χ2n) is 2.59. The van der Waals surface area contributed by atoms with Gasteiger partial charge in [-0.3, -0.25) is 0 Å². The van der Waals surface area contributed by atoms with E-state index in [4.69, 9.17) is 9.57 Å². The maximum atomic E-state index is 5.07. The summed E-state index contributed by atoms with van der Waals surface area (Å²) in [5, 5.41) is 0. The molecule has 0 aromatic rings. The van der Waals surface area contributed by atoms with Gasteiger partial charge in [0.1, 0.15) is 0 Å². The number of hydrogen-bond donors (Lipinski definition) is 1. The molecule has 0 amide bonds. The standard InChI is InChI=1S/C7H17NO2/c1-7(2)6-10-8-4-5-9-3/h7-8H,4-6H2,1-3H3. The summed E-state index contributed by atoms with van der Waals surface area (Å²) >= 11 is 0. The Morgan fingerprint density at radius 2 is 2.10 bits per heavy atom. The summed E-state index contributed by atoms with van der Waals surface area (Å²) in [6.45, 7) is 6.42. The Labute approximate surface area is 62.7 Å². The molecule has 0 saturated heterocycles. The predicted molar refractivity (Wildman–Crippen MR) is 40.7 cm³/mol. The summed E-state index contributed by atoms with van der Waals surface area (Å²) < 4.78 is 4.81. The average Bonchev–Trinajstić information content (AvgIpc) is 1.87. The van der Waals surface area contributed by atoms with Gasteiger partial charge in [-0.2, -0.15) is 0 Å². The van der Waals surface area contributed by atoms with Crippen LogP contribution in [0, 0.1) is 5.92 Å². The van der Waals surface area contributed by atoms with Crippen LogP contribution in [0.15, 0.2) is 0 Å². The Kier molecular flexibility index (Phi) is 6.91. The summed E-state index contributed by atoms with van der Waals surface area (Å²) in [4.78, 5) is 5.07. The highest BCUT2D eigenvalue weighted by molar-refractivity contribution is 4.37. The first-order valence-corrected chi connectivity index (χ1v) is 3.61. The summed E-state index contributed by atoms with van der Waals surface area (Å²) in [5.41, 5.74) is 2.79. The molecule has 0 heterocycles. The van der Waals surface area contributed by atoms with Crippen molar-refractivity contribution in [3.05, 3.63) is 0 Å². The lowest BCUT2D eigenvalue weighted by molar-refractivity contribution is 0.0121. The summed E-state index contributed by atoms with van der Waals surface area (Å²) in [5.74, 6) is 0.579. The third kappa shape index (κ3) is 7.88. The first-order valence-electron chi connectivity index (χ1n) is 3.61.